The highest BCUT2D eigenvalue weighted by Gasteiger charge is 2.25. The number of nitrogens with zero attached hydrogens (tertiary/aromatic N) is 6. The minimum Gasteiger partial charge on any atom is -0.336 e. The van der Waals surface area contributed by atoms with Gasteiger partial charge in [0.05, 0.1) is 17.8 Å². The first kappa shape index (κ1) is 19.1. The molecule has 9 heteroatoms. The lowest BCUT2D eigenvalue weighted by Gasteiger charge is -2.34. The van der Waals surface area contributed by atoms with Crippen molar-refractivity contribution in [1.29, 1.82) is 0 Å². The van der Waals surface area contributed by atoms with E-state index in [4.69, 9.17) is 0 Å². The smallest absolute Gasteiger partial charge is 0.256 e. The third-order valence-corrected chi connectivity index (χ3v) is 5.00. The number of hydrogen-bond acceptors (Lipinski definition) is 5. The van der Waals surface area contributed by atoms with Crippen LogP contribution in [0.4, 0.5) is 8.78 Å². The molecular formula is C20H20F2N6O. The van der Waals surface area contributed by atoms with Gasteiger partial charge in [-0.15, -0.1) is 5.10 Å². The summed E-state index contributed by atoms with van der Waals surface area (Å²) in [5.41, 5.74) is 1.93. The molecule has 0 atom stereocenters. The Bertz CT molecular complexity index is 1010. The van der Waals surface area contributed by atoms with Crippen LogP contribution in [0.15, 0.2) is 42.5 Å². The van der Waals surface area contributed by atoms with E-state index in [0.29, 0.717) is 38.5 Å². The Balaban J connectivity index is 1.39. The summed E-state index contributed by atoms with van der Waals surface area (Å²) < 4.78 is 28.7. The van der Waals surface area contributed by atoms with Gasteiger partial charge >= 0.3 is 0 Å². The molecule has 0 unspecified atom stereocenters. The summed E-state index contributed by atoms with van der Waals surface area (Å²) in [5, 5.41) is 12.0. The number of aromatic nitrogens is 4. The highest BCUT2D eigenvalue weighted by Crippen LogP contribution is 2.16. The van der Waals surface area contributed by atoms with Crippen LogP contribution in [0.25, 0.3) is 5.69 Å². The van der Waals surface area contributed by atoms with Gasteiger partial charge in [-0.1, -0.05) is 17.7 Å². The Kier molecular flexibility index (Phi) is 5.30. The number of benzene rings is 2. The fourth-order valence-corrected chi connectivity index (χ4v) is 3.33. The first-order valence-electron chi connectivity index (χ1n) is 9.32. The predicted octanol–water partition coefficient (Wildman–Crippen LogP) is 2.21. The van der Waals surface area contributed by atoms with Crippen LogP contribution < -0.4 is 0 Å². The van der Waals surface area contributed by atoms with Crippen LogP contribution >= 0.6 is 0 Å². The third-order valence-electron chi connectivity index (χ3n) is 5.00. The lowest BCUT2D eigenvalue weighted by Crippen LogP contribution is -2.48. The van der Waals surface area contributed by atoms with Crippen LogP contribution in [0, 0.1) is 18.6 Å². The summed E-state index contributed by atoms with van der Waals surface area (Å²) in [7, 11) is 0. The predicted molar refractivity (Wildman–Crippen MR) is 101 cm³/mol. The number of aryl methyl sites for hydroxylation is 1. The van der Waals surface area contributed by atoms with Crippen LogP contribution in [0.2, 0.25) is 0 Å². The quantitative estimate of drug-likeness (QED) is 0.674. The van der Waals surface area contributed by atoms with Crippen LogP contribution in [0.1, 0.15) is 21.7 Å². The zero-order valence-corrected chi connectivity index (χ0v) is 15.9. The summed E-state index contributed by atoms with van der Waals surface area (Å²) in [4.78, 5) is 16.2. The SMILES string of the molecule is Cc1ccc(-n2nnnc2CN2CCN(C(=O)c3ccc(F)cc3F)CC2)cc1. The summed E-state index contributed by atoms with van der Waals surface area (Å²) in [5.74, 6) is -1.25. The minimum absolute atomic E-state index is 0.108. The number of amides is 1. The van der Waals surface area contributed by atoms with E-state index in [9.17, 15) is 13.6 Å². The van der Waals surface area contributed by atoms with Crippen molar-refractivity contribution in [2.45, 2.75) is 13.5 Å². The van der Waals surface area contributed by atoms with E-state index in [-0.39, 0.29) is 5.56 Å². The third kappa shape index (κ3) is 4.14. The van der Waals surface area contributed by atoms with Crippen LogP contribution in [0.3, 0.4) is 0 Å². The van der Waals surface area contributed by atoms with Gasteiger partial charge in [0.25, 0.3) is 5.91 Å². The average Bonchev–Trinajstić information content (AvgIpc) is 3.17. The summed E-state index contributed by atoms with van der Waals surface area (Å²) in [6, 6.07) is 10.9. The molecule has 4 rings (SSSR count). The highest BCUT2D eigenvalue weighted by atomic mass is 19.1. The van der Waals surface area contributed by atoms with E-state index in [0.717, 1.165) is 23.4 Å². The van der Waals surface area contributed by atoms with Crippen LogP contribution in [-0.2, 0) is 6.54 Å². The van der Waals surface area contributed by atoms with Crippen molar-refractivity contribution in [2.75, 3.05) is 26.2 Å². The molecule has 1 fully saturated rings. The fourth-order valence-electron chi connectivity index (χ4n) is 3.33. The molecule has 1 amide bonds. The molecule has 0 spiro atoms. The fraction of sp³-hybridized carbons (Fsp3) is 0.300. The largest absolute Gasteiger partial charge is 0.336 e. The summed E-state index contributed by atoms with van der Waals surface area (Å²) in [6.45, 7) is 4.66. The van der Waals surface area contributed by atoms with Crippen molar-refractivity contribution in [3.63, 3.8) is 0 Å². The standard InChI is InChI=1S/C20H20F2N6O/c1-14-2-5-16(6-3-14)28-19(23-24-25-28)13-26-8-10-27(11-9-26)20(29)17-7-4-15(21)12-18(17)22/h2-7,12H,8-11,13H2,1H3. The van der Waals surface area contributed by atoms with Crippen molar-refractivity contribution in [2.24, 2.45) is 0 Å². The van der Waals surface area contributed by atoms with Gasteiger partial charge in [-0.25, -0.2) is 8.78 Å². The van der Waals surface area contributed by atoms with Crippen molar-refractivity contribution in [3.05, 3.63) is 71.1 Å². The van der Waals surface area contributed by atoms with E-state index in [1.165, 1.54) is 6.07 Å². The van der Waals surface area contributed by atoms with E-state index in [1.807, 2.05) is 31.2 Å². The number of halogens is 2. The topological polar surface area (TPSA) is 67.2 Å². The van der Waals surface area contributed by atoms with Gasteiger partial charge in [-0.2, -0.15) is 4.68 Å². The zero-order chi connectivity index (χ0) is 20.4. The van der Waals surface area contributed by atoms with Gasteiger partial charge in [0, 0.05) is 32.2 Å². The Morgan fingerprint density at radius 3 is 2.45 bits per heavy atom. The van der Waals surface area contributed by atoms with E-state index in [2.05, 4.69) is 20.4 Å². The molecule has 3 aromatic rings. The van der Waals surface area contributed by atoms with Crippen molar-refractivity contribution in [3.8, 4) is 5.69 Å². The first-order valence-corrected chi connectivity index (χ1v) is 9.32. The van der Waals surface area contributed by atoms with Crippen LogP contribution in [0.5, 0.6) is 0 Å². The summed E-state index contributed by atoms with van der Waals surface area (Å²) >= 11 is 0. The molecule has 1 aliphatic heterocycles. The lowest BCUT2D eigenvalue weighted by molar-refractivity contribution is 0.0620. The Morgan fingerprint density at radius 1 is 1.03 bits per heavy atom. The molecule has 0 N–H and O–H groups in total. The average molecular weight is 398 g/mol. The van der Waals surface area contributed by atoms with Gasteiger partial charge in [-0.05, 0) is 41.6 Å². The zero-order valence-electron chi connectivity index (χ0n) is 15.9. The van der Waals surface area contributed by atoms with Crippen molar-refractivity contribution in [1.82, 2.24) is 30.0 Å². The maximum absolute atomic E-state index is 13.9. The molecule has 0 bridgehead atoms. The summed E-state index contributed by atoms with van der Waals surface area (Å²) in [6.07, 6.45) is 0. The number of carbonyl (C=O) groups excluding carboxylic acids is 1. The Labute approximate surface area is 166 Å². The number of tetrazole rings is 1. The number of carbonyl (C=O) groups is 1. The number of hydrogen-bond donors (Lipinski definition) is 0. The molecule has 7 nitrogen and oxygen atoms in total. The lowest BCUT2D eigenvalue weighted by atomic mass is 10.1. The Morgan fingerprint density at radius 2 is 1.76 bits per heavy atom. The van der Waals surface area contributed by atoms with E-state index < -0.39 is 17.5 Å². The molecule has 0 aliphatic carbocycles. The maximum Gasteiger partial charge on any atom is 0.256 e. The molecule has 29 heavy (non-hydrogen) atoms. The monoisotopic (exact) mass is 398 g/mol. The second kappa shape index (κ2) is 8.04. The molecule has 2 aromatic carbocycles. The van der Waals surface area contributed by atoms with Crippen LogP contribution in [-0.4, -0.2) is 62.1 Å². The normalized spacial score (nSPS) is 14.9. The maximum atomic E-state index is 13.9. The molecule has 150 valence electrons. The van der Waals surface area contributed by atoms with Gasteiger partial charge in [0.2, 0.25) is 0 Å². The molecule has 0 saturated carbocycles. The van der Waals surface area contributed by atoms with Crippen molar-refractivity contribution >= 4 is 5.91 Å². The molecule has 1 aromatic heterocycles. The first-order chi connectivity index (χ1) is 14.0. The molecular weight excluding hydrogens is 378 g/mol. The molecule has 0 radical (unpaired) electrons. The highest BCUT2D eigenvalue weighted by molar-refractivity contribution is 5.94. The molecule has 1 saturated heterocycles. The van der Waals surface area contributed by atoms with Gasteiger partial charge in [0.15, 0.2) is 5.82 Å². The number of piperazine rings is 1. The van der Waals surface area contributed by atoms with Gasteiger partial charge < -0.3 is 4.90 Å². The van der Waals surface area contributed by atoms with E-state index in [1.54, 1.807) is 9.58 Å². The molecule has 1 aliphatic rings. The second-order valence-corrected chi connectivity index (χ2v) is 7.03. The van der Waals surface area contributed by atoms with E-state index >= 15 is 0 Å². The van der Waals surface area contributed by atoms with Gasteiger partial charge in [-0.3, -0.25) is 9.69 Å². The Hall–Kier alpha value is -3.20. The second-order valence-electron chi connectivity index (χ2n) is 7.03. The van der Waals surface area contributed by atoms with Crippen molar-refractivity contribution < 1.29 is 13.6 Å². The molecule has 2 heterocycles. The minimum atomic E-state index is -0.838. The number of rotatable bonds is 4. The van der Waals surface area contributed by atoms with Gasteiger partial charge in [0.1, 0.15) is 11.6 Å².